The Kier molecular flexibility index (Phi) is 5.28. The number of nitrogens with one attached hydrogen (secondary N) is 2. The standard InChI is InChI=1S/C20H21FN8/c1-13(2)16-12-26-29-19(16)27-18(14-9-15(21)11-22-10-14)28-20(29)25-8-7-24-17-5-3-4-6-23-17/h3-6,9-13H,7-8H2,1-2H3,(H,23,24)(H,25,27,28). The van der Waals surface area contributed by atoms with Crippen LogP contribution in [0.25, 0.3) is 17.0 Å². The van der Waals surface area contributed by atoms with Gasteiger partial charge in [-0.2, -0.15) is 14.6 Å². The summed E-state index contributed by atoms with van der Waals surface area (Å²) in [4.78, 5) is 17.3. The first kappa shape index (κ1) is 18.7. The van der Waals surface area contributed by atoms with Crippen molar-refractivity contribution in [3.63, 3.8) is 0 Å². The first-order valence-corrected chi connectivity index (χ1v) is 9.37. The summed E-state index contributed by atoms with van der Waals surface area (Å²) in [6.45, 7) is 5.37. The summed E-state index contributed by atoms with van der Waals surface area (Å²) in [5.74, 6) is 1.53. The van der Waals surface area contributed by atoms with Gasteiger partial charge in [0.05, 0.1) is 12.4 Å². The Morgan fingerprint density at radius 1 is 1.07 bits per heavy atom. The molecule has 0 spiro atoms. The van der Waals surface area contributed by atoms with Gasteiger partial charge in [0, 0.05) is 36.6 Å². The van der Waals surface area contributed by atoms with Crippen LogP contribution in [0.5, 0.6) is 0 Å². The average molecular weight is 392 g/mol. The van der Waals surface area contributed by atoms with Crippen LogP contribution in [-0.4, -0.2) is 42.6 Å². The molecular weight excluding hydrogens is 371 g/mol. The number of nitrogens with zero attached hydrogens (tertiary/aromatic N) is 6. The highest BCUT2D eigenvalue weighted by Gasteiger charge is 2.16. The minimum absolute atomic E-state index is 0.236. The van der Waals surface area contributed by atoms with Crippen molar-refractivity contribution in [2.45, 2.75) is 19.8 Å². The molecule has 4 rings (SSSR count). The molecule has 0 saturated carbocycles. The maximum absolute atomic E-state index is 13.7. The highest BCUT2D eigenvalue weighted by molar-refractivity contribution is 5.62. The summed E-state index contributed by atoms with van der Waals surface area (Å²) < 4.78 is 15.3. The van der Waals surface area contributed by atoms with Gasteiger partial charge in [0.15, 0.2) is 11.5 Å². The molecule has 0 saturated heterocycles. The zero-order chi connectivity index (χ0) is 20.2. The van der Waals surface area contributed by atoms with E-state index in [4.69, 9.17) is 0 Å². The maximum atomic E-state index is 13.7. The zero-order valence-electron chi connectivity index (χ0n) is 16.2. The quantitative estimate of drug-likeness (QED) is 0.466. The number of halogens is 1. The highest BCUT2D eigenvalue weighted by atomic mass is 19.1. The van der Waals surface area contributed by atoms with Gasteiger partial charge in [-0.1, -0.05) is 19.9 Å². The van der Waals surface area contributed by atoms with E-state index in [-0.39, 0.29) is 5.92 Å². The van der Waals surface area contributed by atoms with Gasteiger partial charge in [-0.25, -0.2) is 14.4 Å². The number of hydrogen-bond donors (Lipinski definition) is 2. The molecule has 2 N–H and O–H groups in total. The topological polar surface area (TPSA) is 92.9 Å². The third-order valence-corrected chi connectivity index (χ3v) is 4.36. The smallest absolute Gasteiger partial charge is 0.228 e. The summed E-state index contributed by atoms with van der Waals surface area (Å²) >= 11 is 0. The summed E-state index contributed by atoms with van der Waals surface area (Å²) in [5, 5.41) is 10.9. The van der Waals surface area contributed by atoms with Crippen LogP contribution >= 0.6 is 0 Å². The number of aromatic nitrogens is 6. The Balaban J connectivity index is 1.62. The SMILES string of the molecule is CC(C)c1cnn2c(NCCNc3ccccn3)nc(-c3cncc(F)c3)nc12. The lowest BCUT2D eigenvalue weighted by Gasteiger charge is -2.11. The number of fused-ring (bicyclic) bond motifs is 1. The Bertz CT molecular complexity index is 1110. The molecule has 0 aliphatic carbocycles. The van der Waals surface area contributed by atoms with E-state index in [0.717, 1.165) is 17.6 Å². The van der Waals surface area contributed by atoms with Gasteiger partial charge in [-0.15, -0.1) is 0 Å². The van der Waals surface area contributed by atoms with Crippen LogP contribution < -0.4 is 10.6 Å². The summed E-state index contributed by atoms with van der Waals surface area (Å²) in [5.41, 5.74) is 2.19. The second kappa shape index (κ2) is 8.17. The van der Waals surface area contributed by atoms with Crippen molar-refractivity contribution in [3.8, 4) is 11.4 Å². The van der Waals surface area contributed by atoms with Crippen molar-refractivity contribution in [1.82, 2.24) is 29.5 Å². The fourth-order valence-corrected chi connectivity index (χ4v) is 2.91. The minimum Gasteiger partial charge on any atom is -0.368 e. The van der Waals surface area contributed by atoms with E-state index in [0.29, 0.717) is 36.1 Å². The van der Waals surface area contributed by atoms with Crippen LogP contribution in [0.2, 0.25) is 0 Å². The average Bonchev–Trinajstić information content (AvgIpc) is 3.16. The number of hydrogen-bond acceptors (Lipinski definition) is 7. The molecule has 0 bridgehead atoms. The number of rotatable bonds is 7. The lowest BCUT2D eigenvalue weighted by molar-refractivity contribution is 0.622. The second-order valence-corrected chi connectivity index (χ2v) is 6.82. The van der Waals surface area contributed by atoms with E-state index in [1.54, 1.807) is 23.1 Å². The van der Waals surface area contributed by atoms with Gasteiger partial charge in [-0.05, 0) is 24.1 Å². The van der Waals surface area contributed by atoms with Gasteiger partial charge in [-0.3, -0.25) is 4.98 Å². The molecule has 0 amide bonds. The highest BCUT2D eigenvalue weighted by Crippen LogP contribution is 2.24. The van der Waals surface area contributed by atoms with Crippen LogP contribution in [0, 0.1) is 5.82 Å². The van der Waals surface area contributed by atoms with Crippen molar-refractivity contribution in [1.29, 1.82) is 0 Å². The first-order valence-electron chi connectivity index (χ1n) is 9.37. The van der Waals surface area contributed by atoms with E-state index in [1.165, 1.54) is 6.07 Å². The predicted molar refractivity (Wildman–Crippen MR) is 109 cm³/mol. The van der Waals surface area contributed by atoms with Gasteiger partial charge >= 0.3 is 0 Å². The largest absolute Gasteiger partial charge is 0.368 e. The van der Waals surface area contributed by atoms with E-state index in [1.807, 2.05) is 18.2 Å². The molecule has 148 valence electrons. The summed E-state index contributed by atoms with van der Waals surface area (Å²) in [6, 6.07) is 7.07. The Morgan fingerprint density at radius 2 is 1.93 bits per heavy atom. The molecule has 0 aromatic carbocycles. The third-order valence-electron chi connectivity index (χ3n) is 4.36. The first-order chi connectivity index (χ1) is 14.1. The predicted octanol–water partition coefficient (Wildman–Crippen LogP) is 3.37. The van der Waals surface area contributed by atoms with Crippen LogP contribution in [0.3, 0.4) is 0 Å². The van der Waals surface area contributed by atoms with Crippen LogP contribution in [0.1, 0.15) is 25.3 Å². The summed E-state index contributed by atoms with van der Waals surface area (Å²) in [6.07, 6.45) is 6.23. The molecule has 0 unspecified atom stereocenters. The van der Waals surface area contributed by atoms with Crippen molar-refractivity contribution in [3.05, 3.63) is 60.4 Å². The van der Waals surface area contributed by atoms with Gasteiger partial charge < -0.3 is 10.6 Å². The molecule has 0 radical (unpaired) electrons. The van der Waals surface area contributed by atoms with Crippen molar-refractivity contribution in [2.75, 3.05) is 23.7 Å². The van der Waals surface area contributed by atoms with Crippen molar-refractivity contribution >= 4 is 17.4 Å². The fourth-order valence-electron chi connectivity index (χ4n) is 2.91. The zero-order valence-corrected chi connectivity index (χ0v) is 16.2. The molecule has 4 heterocycles. The molecule has 9 heteroatoms. The lowest BCUT2D eigenvalue weighted by Crippen LogP contribution is -2.17. The molecular formula is C20H21FN8. The monoisotopic (exact) mass is 392 g/mol. The molecule has 29 heavy (non-hydrogen) atoms. The van der Waals surface area contributed by atoms with Gasteiger partial charge in [0.1, 0.15) is 11.6 Å². The van der Waals surface area contributed by atoms with E-state index in [2.05, 4.69) is 49.5 Å². The number of pyridine rings is 2. The van der Waals surface area contributed by atoms with Gasteiger partial charge in [0.25, 0.3) is 0 Å². The van der Waals surface area contributed by atoms with Crippen LogP contribution in [0.4, 0.5) is 16.2 Å². The van der Waals surface area contributed by atoms with Crippen molar-refractivity contribution < 1.29 is 4.39 Å². The Morgan fingerprint density at radius 3 is 2.69 bits per heavy atom. The lowest BCUT2D eigenvalue weighted by atomic mass is 10.1. The molecule has 0 aliphatic rings. The Labute approximate surface area is 167 Å². The van der Waals surface area contributed by atoms with Crippen LogP contribution in [0.15, 0.2) is 49.1 Å². The van der Waals surface area contributed by atoms with Crippen molar-refractivity contribution in [2.24, 2.45) is 0 Å². The molecule has 8 nitrogen and oxygen atoms in total. The molecule has 0 atom stereocenters. The maximum Gasteiger partial charge on any atom is 0.228 e. The Hall–Kier alpha value is -3.62. The van der Waals surface area contributed by atoms with E-state index >= 15 is 0 Å². The molecule has 0 fully saturated rings. The van der Waals surface area contributed by atoms with E-state index in [9.17, 15) is 4.39 Å². The third kappa shape index (κ3) is 4.13. The second-order valence-electron chi connectivity index (χ2n) is 6.82. The summed E-state index contributed by atoms with van der Waals surface area (Å²) in [7, 11) is 0. The van der Waals surface area contributed by atoms with Gasteiger partial charge in [0.2, 0.25) is 5.95 Å². The minimum atomic E-state index is -0.433. The number of anilines is 2. The molecule has 4 aromatic heterocycles. The molecule has 4 aromatic rings. The normalized spacial score (nSPS) is 11.2. The fraction of sp³-hybridized carbons (Fsp3) is 0.250. The van der Waals surface area contributed by atoms with Crippen LogP contribution in [-0.2, 0) is 0 Å². The van der Waals surface area contributed by atoms with E-state index < -0.39 is 5.82 Å². The molecule has 0 aliphatic heterocycles.